The van der Waals surface area contributed by atoms with Crippen LogP contribution in [0.3, 0.4) is 0 Å². The average Bonchev–Trinajstić information content (AvgIpc) is 2.30. The molecule has 3 nitrogen and oxygen atoms in total. The average molecular weight is 229 g/mol. The van der Waals surface area contributed by atoms with Crippen LogP contribution in [-0.4, -0.2) is 11.3 Å². The molecule has 88 valence electrons. The Morgan fingerprint density at radius 2 is 1.41 bits per heavy atom. The van der Waals surface area contributed by atoms with Crippen molar-refractivity contribution in [3.63, 3.8) is 0 Å². The first-order valence-corrected chi connectivity index (χ1v) is 5.47. The molecule has 17 heavy (non-hydrogen) atoms. The van der Waals surface area contributed by atoms with Crippen molar-refractivity contribution in [2.24, 2.45) is 5.73 Å². The molecular weight excluding hydrogens is 214 g/mol. The minimum Gasteiger partial charge on any atom is -0.508 e. The van der Waals surface area contributed by atoms with Gasteiger partial charge in [-0.25, -0.2) is 0 Å². The topological polar surface area (TPSA) is 55.5 Å². The van der Waals surface area contributed by atoms with E-state index in [2.05, 4.69) is 0 Å². The molecule has 1 unspecified atom stereocenters. The highest BCUT2D eigenvalue weighted by Gasteiger charge is 2.00. The number of benzene rings is 2. The molecule has 0 saturated carbocycles. The summed E-state index contributed by atoms with van der Waals surface area (Å²) < 4.78 is 5.36. The molecule has 3 heteroatoms. The maximum absolute atomic E-state index is 9.21. The fraction of sp³-hybridized carbons (Fsp3) is 0.143. The van der Waals surface area contributed by atoms with E-state index in [4.69, 9.17) is 10.5 Å². The molecule has 1 atom stereocenters. The summed E-state index contributed by atoms with van der Waals surface area (Å²) in [5.74, 6) is 1.02. The Morgan fingerprint density at radius 1 is 0.941 bits per heavy atom. The molecule has 3 N–H and O–H groups in total. The van der Waals surface area contributed by atoms with Crippen molar-refractivity contribution >= 4 is 0 Å². The second-order valence-electron chi connectivity index (χ2n) is 3.89. The van der Waals surface area contributed by atoms with Crippen molar-refractivity contribution in [2.45, 2.75) is 13.2 Å². The number of hydrogen-bond acceptors (Lipinski definition) is 3. The van der Waals surface area contributed by atoms with Crippen molar-refractivity contribution in [1.82, 2.24) is 0 Å². The van der Waals surface area contributed by atoms with Gasteiger partial charge in [-0.3, -0.25) is 5.73 Å². The van der Waals surface area contributed by atoms with Crippen LogP contribution in [0.1, 0.15) is 6.92 Å². The third-order valence-corrected chi connectivity index (χ3v) is 2.38. The van der Waals surface area contributed by atoms with Crippen molar-refractivity contribution in [1.29, 1.82) is 0 Å². The number of phenols is 1. The first-order chi connectivity index (χ1) is 8.15. The third-order valence-electron chi connectivity index (χ3n) is 2.38. The van der Waals surface area contributed by atoms with Gasteiger partial charge in [0, 0.05) is 0 Å². The molecule has 0 amide bonds. The van der Waals surface area contributed by atoms with Crippen LogP contribution in [0.2, 0.25) is 0 Å². The van der Waals surface area contributed by atoms with Gasteiger partial charge in [0.05, 0.1) is 0 Å². The molecule has 0 radical (unpaired) electrons. The molecule has 2 aromatic rings. The van der Waals surface area contributed by atoms with Crippen LogP contribution >= 0.6 is 0 Å². The van der Waals surface area contributed by atoms with Gasteiger partial charge in [0.15, 0.2) is 0 Å². The summed E-state index contributed by atoms with van der Waals surface area (Å²) in [6.45, 7) is 1.79. The second kappa shape index (κ2) is 4.89. The predicted octanol–water partition coefficient (Wildman–Crippen LogP) is 2.74. The summed E-state index contributed by atoms with van der Waals surface area (Å²) in [4.78, 5) is 0. The first kappa shape index (κ1) is 11.5. The molecule has 2 aromatic carbocycles. The maximum Gasteiger partial charge on any atom is 0.144 e. The lowest BCUT2D eigenvalue weighted by molar-refractivity contribution is 0.230. The zero-order chi connectivity index (χ0) is 12.3. The van der Waals surface area contributed by atoms with E-state index < -0.39 is 0 Å². The third kappa shape index (κ3) is 2.98. The van der Waals surface area contributed by atoms with E-state index in [0.717, 1.165) is 16.9 Å². The summed E-state index contributed by atoms with van der Waals surface area (Å²) in [5.41, 5.74) is 7.66. The van der Waals surface area contributed by atoms with E-state index in [1.807, 2.05) is 36.4 Å². The number of aromatic hydroxyl groups is 1. The molecule has 0 aliphatic rings. The summed E-state index contributed by atoms with van der Waals surface area (Å²) in [6.07, 6.45) is -0.311. The molecule has 0 aliphatic carbocycles. The van der Waals surface area contributed by atoms with Gasteiger partial charge in [-0.05, 0) is 42.3 Å². The Labute approximate surface area is 100 Å². The van der Waals surface area contributed by atoms with E-state index in [1.54, 1.807) is 19.1 Å². The fourth-order valence-corrected chi connectivity index (χ4v) is 1.59. The zero-order valence-corrected chi connectivity index (χ0v) is 9.63. The molecular formula is C14H15NO2. The largest absolute Gasteiger partial charge is 0.508 e. The summed E-state index contributed by atoms with van der Waals surface area (Å²) in [5, 5.41) is 9.21. The van der Waals surface area contributed by atoms with Gasteiger partial charge in [-0.1, -0.05) is 24.3 Å². The smallest absolute Gasteiger partial charge is 0.144 e. The van der Waals surface area contributed by atoms with Crippen molar-refractivity contribution in [3.05, 3.63) is 48.5 Å². The van der Waals surface area contributed by atoms with Crippen molar-refractivity contribution in [2.75, 3.05) is 0 Å². The SMILES string of the molecule is CC(N)Oc1ccc(-c2ccc(O)cc2)cc1. The van der Waals surface area contributed by atoms with Gasteiger partial charge in [0.2, 0.25) is 0 Å². The first-order valence-electron chi connectivity index (χ1n) is 5.47. The van der Waals surface area contributed by atoms with Gasteiger partial charge in [-0.15, -0.1) is 0 Å². The lowest BCUT2D eigenvalue weighted by Gasteiger charge is -2.10. The quantitative estimate of drug-likeness (QED) is 0.796. The van der Waals surface area contributed by atoms with Crippen LogP contribution in [0.4, 0.5) is 0 Å². The summed E-state index contributed by atoms with van der Waals surface area (Å²) in [7, 11) is 0. The number of phenolic OH excluding ortho intramolecular Hbond substituents is 1. The van der Waals surface area contributed by atoms with Gasteiger partial charge < -0.3 is 9.84 Å². The Hall–Kier alpha value is -2.00. The molecule has 0 aromatic heterocycles. The molecule has 0 spiro atoms. The fourth-order valence-electron chi connectivity index (χ4n) is 1.59. The molecule has 0 heterocycles. The highest BCUT2D eigenvalue weighted by Crippen LogP contribution is 2.24. The highest BCUT2D eigenvalue weighted by atomic mass is 16.5. The Balaban J connectivity index is 2.20. The monoisotopic (exact) mass is 229 g/mol. The minimum absolute atomic E-state index is 0.269. The normalized spacial score (nSPS) is 12.1. The van der Waals surface area contributed by atoms with Crippen LogP contribution in [0.5, 0.6) is 11.5 Å². The van der Waals surface area contributed by atoms with Crippen LogP contribution in [0.15, 0.2) is 48.5 Å². The lowest BCUT2D eigenvalue weighted by atomic mass is 10.1. The van der Waals surface area contributed by atoms with Gasteiger partial charge in [0.25, 0.3) is 0 Å². The highest BCUT2D eigenvalue weighted by molar-refractivity contribution is 5.64. The predicted molar refractivity (Wildman–Crippen MR) is 67.8 cm³/mol. The maximum atomic E-state index is 9.21. The van der Waals surface area contributed by atoms with Gasteiger partial charge in [-0.2, -0.15) is 0 Å². The molecule has 0 bridgehead atoms. The standard InChI is InChI=1S/C14H15NO2/c1-10(15)17-14-8-4-12(5-9-14)11-2-6-13(16)7-3-11/h2-10,16H,15H2,1H3. The molecule has 2 rings (SSSR count). The number of nitrogens with two attached hydrogens (primary N) is 1. The number of hydrogen-bond donors (Lipinski definition) is 2. The van der Waals surface area contributed by atoms with Crippen LogP contribution in [-0.2, 0) is 0 Å². The molecule has 0 fully saturated rings. The Kier molecular flexibility index (Phi) is 3.30. The van der Waals surface area contributed by atoms with Crippen LogP contribution in [0, 0.1) is 0 Å². The number of ether oxygens (including phenoxy) is 1. The zero-order valence-electron chi connectivity index (χ0n) is 9.63. The van der Waals surface area contributed by atoms with E-state index in [9.17, 15) is 5.11 Å². The molecule has 0 aliphatic heterocycles. The van der Waals surface area contributed by atoms with E-state index in [1.165, 1.54) is 0 Å². The van der Waals surface area contributed by atoms with Crippen molar-refractivity contribution < 1.29 is 9.84 Å². The molecule has 0 saturated heterocycles. The van der Waals surface area contributed by atoms with E-state index in [-0.39, 0.29) is 12.0 Å². The van der Waals surface area contributed by atoms with E-state index >= 15 is 0 Å². The number of rotatable bonds is 3. The summed E-state index contributed by atoms with van der Waals surface area (Å²) in [6, 6.07) is 14.8. The Morgan fingerprint density at radius 3 is 1.88 bits per heavy atom. The van der Waals surface area contributed by atoms with Gasteiger partial charge >= 0.3 is 0 Å². The second-order valence-corrected chi connectivity index (χ2v) is 3.89. The van der Waals surface area contributed by atoms with Gasteiger partial charge in [0.1, 0.15) is 17.7 Å². The lowest BCUT2D eigenvalue weighted by Crippen LogP contribution is -2.22. The Bertz CT molecular complexity index is 475. The van der Waals surface area contributed by atoms with Crippen LogP contribution < -0.4 is 10.5 Å². The van der Waals surface area contributed by atoms with E-state index in [0.29, 0.717) is 0 Å². The minimum atomic E-state index is -0.311. The van der Waals surface area contributed by atoms with Crippen molar-refractivity contribution in [3.8, 4) is 22.6 Å². The van der Waals surface area contributed by atoms with Crippen LogP contribution in [0.25, 0.3) is 11.1 Å². The summed E-state index contributed by atoms with van der Waals surface area (Å²) >= 11 is 0.